The predicted octanol–water partition coefficient (Wildman–Crippen LogP) is 13.8. The lowest BCUT2D eigenvalue weighted by molar-refractivity contribution is 1.23. The lowest BCUT2D eigenvalue weighted by Gasteiger charge is -2.46. The molecule has 0 spiro atoms. The average Bonchev–Trinajstić information content (AvgIpc) is 3.69. The fourth-order valence-corrected chi connectivity index (χ4v) is 24.4. The summed E-state index contributed by atoms with van der Waals surface area (Å²) in [6.07, 6.45) is 0. The minimum Gasteiger partial charge on any atom is -0.311 e. The Morgan fingerprint density at radius 2 is 0.914 bits per heavy atom. The second kappa shape index (κ2) is 17.6. The molecule has 0 saturated heterocycles. The Bertz CT molecular complexity index is 4660. The van der Waals surface area contributed by atoms with Crippen molar-refractivity contribution in [2.45, 2.75) is 13.1 Å². The van der Waals surface area contributed by atoms with Gasteiger partial charge in [-0.1, -0.05) is 225 Å². The topological polar surface area (TPSA) is 9.72 Å². The lowest BCUT2D eigenvalue weighted by atomic mass is 9.33. The van der Waals surface area contributed by atoms with Crippen LogP contribution in [-0.4, -0.2) is 22.9 Å². The van der Waals surface area contributed by atoms with Crippen LogP contribution >= 0.6 is 11.3 Å². The molecule has 0 amide bonds. The van der Waals surface area contributed by atoms with Gasteiger partial charge >= 0.3 is 0 Å². The third kappa shape index (κ3) is 6.45. The lowest BCUT2D eigenvalue weighted by Crippen LogP contribution is -2.73. The maximum absolute atomic E-state index is 2.93. The van der Waals surface area contributed by atoms with Gasteiger partial charge in [-0.3, -0.25) is 0 Å². The van der Waals surface area contributed by atoms with Crippen molar-refractivity contribution < 1.29 is 0 Å². The van der Waals surface area contributed by atoms with Crippen LogP contribution in [-0.2, 0) is 0 Å². The molecule has 3 nitrogen and oxygen atoms in total. The molecule has 0 unspecified atom stereocenters. The molecular formula is C74H52BN3SSi2. The van der Waals surface area contributed by atoms with Crippen LogP contribution < -0.4 is 62.2 Å². The molecule has 0 bridgehead atoms. The molecule has 4 aliphatic rings. The minimum atomic E-state index is -2.93. The van der Waals surface area contributed by atoms with Crippen LogP contribution in [0.5, 0.6) is 0 Å². The molecule has 5 heterocycles. The number of para-hydroxylation sites is 3. The van der Waals surface area contributed by atoms with Gasteiger partial charge < -0.3 is 14.7 Å². The third-order valence-electron chi connectivity index (χ3n) is 18.3. The maximum Gasteiger partial charge on any atom is 0.252 e. The van der Waals surface area contributed by atoms with Gasteiger partial charge in [0.1, 0.15) is 8.07 Å². The number of thiophene rings is 1. The quantitative estimate of drug-likeness (QED) is 0.147. The molecule has 4 aliphatic heterocycles. The molecule has 7 heteroatoms. The molecule has 0 aliphatic carbocycles. The predicted molar refractivity (Wildman–Crippen MR) is 353 cm³/mol. The van der Waals surface area contributed by atoms with E-state index in [4.69, 9.17) is 0 Å². The fourth-order valence-electron chi connectivity index (χ4n) is 15.0. The minimum absolute atomic E-state index is 0.121. The first-order valence-electron chi connectivity index (χ1n) is 28.3. The summed E-state index contributed by atoms with van der Waals surface area (Å²) < 4.78 is 2.59. The molecule has 0 N–H and O–H groups in total. The zero-order valence-electron chi connectivity index (χ0n) is 44.9. The maximum atomic E-state index is 2.68. The highest BCUT2D eigenvalue weighted by Crippen LogP contribution is 2.53. The normalized spacial score (nSPS) is 14.4. The largest absolute Gasteiger partial charge is 0.311 e. The van der Waals surface area contributed by atoms with Crippen molar-refractivity contribution >= 4 is 153 Å². The first kappa shape index (κ1) is 46.7. The van der Waals surface area contributed by atoms with Crippen molar-refractivity contribution in [2.24, 2.45) is 0 Å². The van der Waals surface area contributed by atoms with Gasteiger partial charge in [0.15, 0.2) is 8.07 Å². The molecule has 0 saturated carbocycles. The third-order valence-corrected chi connectivity index (χ3v) is 27.8. The first-order chi connectivity index (χ1) is 40.0. The molecule has 13 aromatic rings. The summed E-state index contributed by atoms with van der Waals surface area (Å²) in [6.45, 7) is 4.94. The molecule has 81 heavy (non-hydrogen) atoms. The van der Waals surface area contributed by atoms with Crippen LogP contribution in [0.3, 0.4) is 0 Å². The van der Waals surface area contributed by atoms with Gasteiger partial charge in [-0.05, 0) is 125 Å². The number of rotatable bonds is 7. The van der Waals surface area contributed by atoms with Crippen molar-refractivity contribution in [3.8, 4) is 22.3 Å². The summed E-state index contributed by atoms with van der Waals surface area (Å²) in [7, 11) is -5.00. The van der Waals surface area contributed by atoms with Gasteiger partial charge in [-0.15, -0.1) is 11.3 Å². The number of hydrogen-bond donors (Lipinski definition) is 0. The van der Waals surface area contributed by atoms with E-state index in [0.29, 0.717) is 0 Å². The van der Waals surface area contributed by atoms with E-state index in [9.17, 15) is 0 Å². The van der Waals surface area contributed by atoms with Gasteiger partial charge in [-0.2, -0.15) is 0 Å². The number of hydrogen-bond acceptors (Lipinski definition) is 4. The Morgan fingerprint density at radius 1 is 0.395 bits per heavy atom. The fraction of sp³-hybridized carbons (Fsp3) is 0.0270. The second-order valence-electron chi connectivity index (χ2n) is 22.6. The molecule has 17 rings (SSSR count). The molecule has 1 aromatic heterocycles. The summed E-state index contributed by atoms with van der Waals surface area (Å²) in [5, 5.41) is 11.2. The molecule has 0 radical (unpaired) electrons. The van der Waals surface area contributed by atoms with Crippen LogP contribution in [0, 0.1) is 0 Å². The molecule has 12 aromatic carbocycles. The summed E-state index contributed by atoms with van der Waals surface area (Å²) >= 11 is 1.90. The number of anilines is 9. The summed E-state index contributed by atoms with van der Waals surface area (Å²) in [4.78, 5) is 7.91. The Kier molecular flexibility index (Phi) is 10.2. The Hall–Kier alpha value is -9.24. The van der Waals surface area contributed by atoms with Crippen molar-refractivity contribution in [3.05, 3.63) is 279 Å². The average molecular weight is 1080 g/mol. The van der Waals surface area contributed by atoms with E-state index in [1.54, 1.807) is 0 Å². The van der Waals surface area contributed by atoms with Crippen LogP contribution in [0.4, 0.5) is 51.2 Å². The monoisotopic (exact) mass is 1080 g/mol. The Balaban J connectivity index is 1.05. The Labute approximate surface area is 479 Å². The highest BCUT2D eigenvalue weighted by atomic mass is 32.1. The SMILES string of the molecule is C[Si]1(C)c2ccccc2-c2c(N(c3ccccc3)c3cc4c5c(c3)N(c3ccccc3)c3c(ccc6sc7ccccc7c36)B5c3ccc5c(c3N4c3ccccc3)-c3ccccc3[Si]5(c3ccccc3)c3ccccc3)cccc21. The van der Waals surface area contributed by atoms with Gasteiger partial charge in [0, 0.05) is 65.4 Å². The molecule has 380 valence electrons. The van der Waals surface area contributed by atoms with Gasteiger partial charge in [0.25, 0.3) is 6.71 Å². The molecular weight excluding hydrogens is 1030 g/mol. The second-order valence-corrected chi connectivity index (χ2v) is 31.8. The summed E-state index contributed by atoms with van der Waals surface area (Å²) in [6, 6.07) is 107. The van der Waals surface area contributed by atoms with Crippen LogP contribution in [0.25, 0.3) is 42.4 Å². The summed E-state index contributed by atoms with van der Waals surface area (Å²) in [5.74, 6) is 0. The van der Waals surface area contributed by atoms with Gasteiger partial charge in [-0.25, -0.2) is 0 Å². The molecule has 0 atom stereocenters. The number of fused-ring (bicyclic) bond motifs is 15. The van der Waals surface area contributed by atoms with E-state index in [0.717, 1.165) is 22.7 Å². The number of benzene rings is 12. The smallest absolute Gasteiger partial charge is 0.252 e. The van der Waals surface area contributed by atoms with E-state index >= 15 is 0 Å². The zero-order chi connectivity index (χ0) is 53.6. The van der Waals surface area contributed by atoms with E-state index in [1.165, 1.54) is 118 Å². The highest BCUT2D eigenvalue weighted by molar-refractivity contribution is 7.26. The van der Waals surface area contributed by atoms with Crippen molar-refractivity contribution in [1.29, 1.82) is 0 Å². The van der Waals surface area contributed by atoms with Crippen LogP contribution in [0.15, 0.2) is 279 Å². The van der Waals surface area contributed by atoms with E-state index < -0.39 is 16.1 Å². The highest BCUT2D eigenvalue weighted by Gasteiger charge is 2.53. The van der Waals surface area contributed by atoms with Gasteiger partial charge in [0.2, 0.25) is 0 Å². The van der Waals surface area contributed by atoms with E-state index in [1.807, 2.05) is 11.3 Å². The van der Waals surface area contributed by atoms with Crippen molar-refractivity contribution in [2.75, 3.05) is 14.7 Å². The van der Waals surface area contributed by atoms with Crippen LogP contribution in [0.1, 0.15) is 0 Å². The first-order valence-corrected chi connectivity index (χ1v) is 34.1. The number of nitrogens with zero attached hydrogens (tertiary/aromatic N) is 3. The van der Waals surface area contributed by atoms with Crippen molar-refractivity contribution in [1.82, 2.24) is 0 Å². The standard InChI is InChI=1S/C74H52BN3SSi2/c1-80(2)65-40-22-19-36-56(65)69-60(38-24-42-67(69)80)76(49-25-8-3-9-26-49)52-47-61-72-62(48-52)78(51-29-12-5-13-30-51)74-59(75(72)58-43-45-64-70(55-35-18-21-39-63(55)79-64)73(58)77(61)50-27-10-4-11-28-50)44-46-68-71(74)57-37-20-23-41-66(57)81(68,53-31-14-6-15-32-53)54-33-16-7-17-34-54/h3-48H,1-2H3. The van der Waals surface area contributed by atoms with Gasteiger partial charge in [0.05, 0.1) is 17.1 Å². The van der Waals surface area contributed by atoms with Crippen molar-refractivity contribution in [3.63, 3.8) is 0 Å². The summed E-state index contributed by atoms with van der Waals surface area (Å²) in [5.41, 5.74) is 19.8. The molecule has 0 fully saturated rings. The van der Waals surface area contributed by atoms with E-state index in [-0.39, 0.29) is 6.71 Å². The van der Waals surface area contributed by atoms with E-state index in [2.05, 4.69) is 307 Å². The van der Waals surface area contributed by atoms with Crippen LogP contribution in [0.2, 0.25) is 13.1 Å². The zero-order valence-corrected chi connectivity index (χ0v) is 47.7. The Morgan fingerprint density at radius 3 is 1.58 bits per heavy atom.